The molecule has 0 spiro atoms. The minimum atomic E-state index is 0.218. The molecule has 4 rings (SSSR count). The Kier molecular flexibility index (Phi) is 7.70. The van der Waals surface area contributed by atoms with Crippen molar-refractivity contribution in [3.8, 4) is 5.75 Å². The van der Waals surface area contributed by atoms with Gasteiger partial charge in [0.05, 0.1) is 12.8 Å². The van der Waals surface area contributed by atoms with Gasteiger partial charge < -0.3 is 25.2 Å². The van der Waals surface area contributed by atoms with Crippen LogP contribution in [0.4, 0.5) is 5.69 Å². The molecule has 0 saturated carbocycles. The average molecular weight is 450 g/mol. The molecule has 7 heteroatoms. The number of nitrogens with one attached hydrogen (secondary N) is 2. The maximum Gasteiger partial charge on any atom is 0.223 e. The number of rotatable bonds is 7. The summed E-state index contributed by atoms with van der Waals surface area (Å²) in [5, 5.41) is 6.94. The molecule has 1 fully saturated rings. The highest BCUT2D eigenvalue weighted by Gasteiger charge is 2.24. The number of ether oxygens (including phenoxy) is 1. The van der Waals surface area contributed by atoms with Gasteiger partial charge in [-0.2, -0.15) is 0 Å². The smallest absolute Gasteiger partial charge is 0.223 e. The summed E-state index contributed by atoms with van der Waals surface area (Å²) in [5.74, 6) is 1.92. The van der Waals surface area contributed by atoms with Crippen molar-refractivity contribution in [3.63, 3.8) is 0 Å². The first-order chi connectivity index (χ1) is 16.2. The van der Waals surface area contributed by atoms with E-state index in [1.165, 1.54) is 11.1 Å². The third kappa shape index (κ3) is 5.78. The monoisotopic (exact) mass is 449 g/mol. The number of hydrogen-bond acceptors (Lipinski definition) is 4. The number of carbonyl (C=O) groups is 1. The number of carbonyl (C=O) groups excluding carboxylic acids is 1. The Bertz CT molecular complexity index is 952. The minimum absolute atomic E-state index is 0.218. The number of para-hydroxylation sites is 2. The van der Waals surface area contributed by atoms with Gasteiger partial charge in [0.25, 0.3) is 0 Å². The number of nitrogens with zero attached hydrogens (tertiary/aromatic N) is 3. The Morgan fingerprint density at radius 1 is 1.12 bits per heavy atom. The van der Waals surface area contributed by atoms with Crippen LogP contribution in [0, 0.1) is 0 Å². The Labute approximate surface area is 196 Å². The van der Waals surface area contributed by atoms with Crippen LogP contribution in [-0.2, 0) is 17.9 Å². The molecule has 33 heavy (non-hydrogen) atoms. The molecule has 1 amide bonds. The maximum atomic E-state index is 12.6. The van der Waals surface area contributed by atoms with E-state index in [0.717, 1.165) is 69.4 Å². The topological polar surface area (TPSA) is 69.2 Å². The first-order valence-corrected chi connectivity index (χ1v) is 11.9. The average Bonchev–Trinajstić information content (AvgIpc) is 3.30. The van der Waals surface area contributed by atoms with E-state index in [1.807, 2.05) is 29.2 Å². The molecule has 1 saturated heterocycles. The molecule has 2 aliphatic heterocycles. The van der Waals surface area contributed by atoms with Gasteiger partial charge in [-0.25, -0.2) is 0 Å². The highest BCUT2D eigenvalue weighted by Crippen LogP contribution is 2.30. The molecule has 0 radical (unpaired) electrons. The van der Waals surface area contributed by atoms with Gasteiger partial charge in [0.2, 0.25) is 5.91 Å². The zero-order valence-electron chi connectivity index (χ0n) is 19.7. The number of guanidine groups is 1. The molecule has 0 bridgehead atoms. The van der Waals surface area contributed by atoms with Crippen LogP contribution in [0.3, 0.4) is 0 Å². The summed E-state index contributed by atoms with van der Waals surface area (Å²) in [6, 6.07) is 16.8. The molecule has 2 N–H and O–H groups in total. The number of methoxy groups -OCH3 is 1. The standard InChI is InChI=1S/C26H35N5O2/c1-27-26(28-15-7-14-25(32)31-17-20-9-3-4-10-21(20)18-31)29-22-11-8-16-30(19-22)23-12-5-6-13-24(23)33-2/h3-6,9-10,12-13,22H,7-8,11,14-19H2,1-2H3,(H2,27,28,29). The molecule has 0 aromatic heterocycles. The third-order valence-corrected chi connectivity index (χ3v) is 6.47. The van der Waals surface area contributed by atoms with Gasteiger partial charge in [0, 0.05) is 52.2 Å². The number of anilines is 1. The van der Waals surface area contributed by atoms with Gasteiger partial charge in [0.1, 0.15) is 5.75 Å². The predicted molar refractivity (Wildman–Crippen MR) is 133 cm³/mol. The van der Waals surface area contributed by atoms with Gasteiger partial charge in [-0.15, -0.1) is 0 Å². The van der Waals surface area contributed by atoms with Crippen molar-refractivity contribution in [1.82, 2.24) is 15.5 Å². The van der Waals surface area contributed by atoms with Crippen molar-refractivity contribution in [2.24, 2.45) is 4.99 Å². The lowest BCUT2D eigenvalue weighted by Crippen LogP contribution is -2.51. The SMILES string of the molecule is CN=C(NCCCC(=O)N1Cc2ccccc2C1)NC1CCCN(c2ccccc2OC)C1. The molecule has 2 aromatic carbocycles. The molecule has 2 heterocycles. The van der Waals surface area contributed by atoms with Gasteiger partial charge in [-0.1, -0.05) is 36.4 Å². The van der Waals surface area contributed by atoms with Crippen LogP contribution >= 0.6 is 0 Å². The zero-order chi connectivity index (χ0) is 23.0. The van der Waals surface area contributed by atoms with Crippen LogP contribution < -0.4 is 20.3 Å². The van der Waals surface area contributed by atoms with Crippen molar-refractivity contribution in [2.75, 3.05) is 38.7 Å². The van der Waals surface area contributed by atoms with E-state index < -0.39 is 0 Å². The summed E-state index contributed by atoms with van der Waals surface area (Å²) in [5.41, 5.74) is 3.67. The van der Waals surface area contributed by atoms with Crippen molar-refractivity contribution in [3.05, 3.63) is 59.7 Å². The molecular formula is C26H35N5O2. The lowest BCUT2D eigenvalue weighted by atomic mass is 10.0. The van der Waals surface area contributed by atoms with E-state index in [1.54, 1.807) is 14.2 Å². The van der Waals surface area contributed by atoms with Crippen molar-refractivity contribution in [1.29, 1.82) is 0 Å². The fraction of sp³-hybridized carbons (Fsp3) is 0.462. The second kappa shape index (κ2) is 11.1. The summed E-state index contributed by atoms with van der Waals surface area (Å²) in [4.78, 5) is 21.3. The van der Waals surface area contributed by atoms with E-state index in [9.17, 15) is 4.79 Å². The summed E-state index contributed by atoms with van der Waals surface area (Å²) >= 11 is 0. The summed E-state index contributed by atoms with van der Waals surface area (Å²) in [7, 11) is 3.51. The quantitative estimate of drug-likeness (QED) is 0.386. The highest BCUT2D eigenvalue weighted by atomic mass is 16.5. The van der Waals surface area contributed by atoms with E-state index in [-0.39, 0.29) is 5.91 Å². The van der Waals surface area contributed by atoms with E-state index in [2.05, 4.69) is 44.8 Å². The number of amides is 1. The Morgan fingerprint density at radius 3 is 2.58 bits per heavy atom. The Balaban J connectivity index is 1.20. The molecule has 1 atom stereocenters. The third-order valence-electron chi connectivity index (χ3n) is 6.47. The molecule has 0 aliphatic carbocycles. The zero-order valence-corrected chi connectivity index (χ0v) is 19.7. The molecular weight excluding hydrogens is 414 g/mol. The lowest BCUT2D eigenvalue weighted by Gasteiger charge is -2.36. The van der Waals surface area contributed by atoms with Crippen molar-refractivity contribution in [2.45, 2.75) is 44.8 Å². The summed E-state index contributed by atoms with van der Waals surface area (Å²) in [6.07, 6.45) is 3.53. The predicted octanol–water partition coefficient (Wildman–Crippen LogP) is 3.15. The van der Waals surface area contributed by atoms with E-state index in [0.29, 0.717) is 12.5 Å². The summed E-state index contributed by atoms with van der Waals surface area (Å²) in [6.45, 7) is 4.10. The van der Waals surface area contributed by atoms with E-state index >= 15 is 0 Å². The van der Waals surface area contributed by atoms with Crippen molar-refractivity contribution >= 4 is 17.6 Å². The maximum absolute atomic E-state index is 12.6. The number of piperidine rings is 1. The van der Waals surface area contributed by atoms with Crippen LogP contribution in [0.2, 0.25) is 0 Å². The number of aliphatic imine (C=N–C) groups is 1. The normalized spacial score (nSPS) is 18.1. The van der Waals surface area contributed by atoms with Crippen LogP contribution in [0.5, 0.6) is 5.75 Å². The van der Waals surface area contributed by atoms with Gasteiger partial charge >= 0.3 is 0 Å². The van der Waals surface area contributed by atoms with Gasteiger partial charge in [-0.3, -0.25) is 9.79 Å². The van der Waals surface area contributed by atoms with Crippen LogP contribution in [-0.4, -0.2) is 56.6 Å². The minimum Gasteiger partial charge on any atom is -0.495 e. The highest BCUT2D eigenvalue weighted by molar-refractivity contribution is 5.80. The van der Waals surface area contributed by atoms with Gasteiger partial charge in [0.15, 0.2) is 5.96 Å². The Hall–Kier alpha value is -3.22. The first-order valence-electron chi connectivity index (χ1n) is 11.9. The van der Waals surface area contributed by atoms with Gasteiger partial charge in [-0.05, 0) is 42.5 Å². The largest absolute Gasteiger partial charge is 0.495 e. The lowest BCUT2D eigenvalue weighted by molar-refractivity contribution is -0.131. The fourth-order valence-electron chi connectivity index (χ4n) is 4.71. The number of fused-ring (bicyclic) bond motifs is 1. The first kappa shape index (κ1) is 23.0. The van der Waals surface area contributed by atoms with Crippen LogP contribution in [0.25, 0.3) is 0 Å². The van der Waals surface area contributed by atoms with Crippen molar-refractivity contribution < 1.29 is 9.53 Å². The van der Waals surface area contributed by atoms with E-state index in [4.69, 9.17) is 4.74 Å². The van der Waals surface area contributed by atoms with Crippen LogP contribution in [0.1, 0.15) is 36.8 Å². The molecule has 176 valence electrons. The second-order valence-electron chi connectivity index (χ2n) is 8.72. The second-order valence-corrected chi connectivity index (χ2v) is 8.72. The number of hydrogen-bond donors (Lipinski definition) is 2. The summed E-state index contributed by atoms with van der Waals surface area (Å²) < 4.78 is 5.55. The fourth-order valence-corrected chi connectivity index (χ4v) is 4.71. The molecule has 1 unspecified atom stereocenters. The molecule has 7 nitrogen and oxygen atoms in total. The Morgan fingerprint density at radius 2 is 1.85 bits per heavy atom. The number of benzene rings is 2. The molecule has 2 aromatic rings. The molecule has 2 aliphatic rings. The van der Waals surface area contributed by atoms with Crippen LogP contribution in [0.15, 0.2) is 53.5 Å².